The van der Waals surface area contributed by atoms with Crippen molar-refractivity contribution >= 4 is 23.0 Å². The van der Waals surface area contributed by atoms with Crippen molar-refractivity contribution in [2.75, 3.05) is 43.0 Å². The fourth-order valence-electron chi connectivity index (χ4n) is 5.06. The molecule has 2 aromatic carbocycles. The molecule has 1 amide bonds. The number of piperazine rings is 1. The van der Waals surface area contributed by atoms with Crippen molar-refractivity contribution in [3.05, 3.63) is 63.7 Å². The molecule has 1 saturated heterocycles. The zero-order chi connectivity index (χ0) is 26.6. The molecule has 2 aromatic rings. The molecule has 2 fully saturated rings. The van der Waals surface area contributed by atoms with Gasteiger partial charge in [0.05, 0.1) is 11.0 Å². The molecule has 1 N–H and O–H groups in total. The molecule has 0 bridgehead atoms. The average molecular weight is 521 g/mol. The van der Waals surface area contributed by atoms with Gasteiger partial charge in [0.25, 0.3) is 5.69 Å². The maximum Gasteiger partial charge on any atom is 0.423 e. The van der Waals surface area contributed by atoms with Gasteiger partial charge in [-0.1, -0.05) is 18.2 Å². The van der Waals surface area contributed by atoms with Gasteiger partial charge in [-0.15, -0.1) is 0 Å². The number of para-hydroxylation sites is 1. The minimum atomic E-state index is -4.82. The molecular weight excluding hydrogens is 489 g/mol. The van der Waals surface area contributed by atoms with Crippen molar-refractivity contribution in [1.29, 1.82) is 0 Å². The second-order valence-electron chi connectivity index (χ2n) is 9.58. The van der Waals surface area contributed by atoms with Crippen LogP contribution >= 0.6 is 0 Å². The number of anilines is 2. The van der Waals surface area contributed by atoms with E-state index in [9.17, 15) is 28.1 Å². The van der Waals surface area contributed by atoms with E-state index in [4.69, 9.17) is 4.74 Å². The first-order valence-corrected chi connectivity index (χ1v) is 12.4. The Morgan fingerprint density at radius 1 is 1.08 bits per heavy atom. The smallest absolute Gasteiger partial charge is 0.382 e. The number of alkyl halides is 3. The predicted molar refractivity (Wildman–Crippen MR) is 134 cm³/mol. The lowest BCUT2D eigenvalue weighted by Crippen LogP contribution is -2.50. The highest BCUT2D eigenvalue weighted by Gasteiger charge is 2.40. The molecule has 0 spiro atoms. The van der Waals surface area contributed by atoms with Crippen molar-refractivity contribution < 1.29 is 27.6 Å². The summed E-state index contributed by atoms with van der Waals surface area (Å²) in [6.45, 7) is 4.15. The van der Waals surface area contributed by atoms with Gasteiger partial charge in [0, 0.05) is 49.2 Å². The summed E-state index contributed by atoms with van der Waals surface area (Å²) in [6.07, 6.45) is -2.25. The zero-order valence-electron chi connectivity index (χ0n) is 20.7. The van der Waals surface area contributed by atoms with Crippen molar-refractivity contribution in [3.63, 3.8) is 0 Å². The van der Waals surface area contributed by atoms with Crippen LogP contribution < -0.4 is 10.2 Å². The predicted octanol–water partition coefficient (Wildman–Crippen LogP) is 5.01. The number of nitrogens with one attached hydrogen (secondary N) is 1. The molecule has 1 saturated carbocycles. The van der Waals surface area contributed by atoms with Crippen LogP contribution in [0.1, 0.15) is 36.8 Å². The summed E-state index contributed by atoms with van der Waals surface area (Å²) in [4.78, 5) is 26.9. The molecule has 0 radical (unpaired) electrons. The summed E-state index contributed by atoms with van der Waals surface area (Å²) in [5.74, 6) is -0.0333. The highest BCUT2D eigenvalue weighted by atomic mass is 19.4. The van der Waals surface area contributed by atoms with E-state index in [2.05, 4.69) is 22.3 Å². The lowest BCUT2D eigenvalue weighted by atomic mass is 9.92. The highest BCUT2D eigenvalue weighted by molar-refractivity contribution is 5.77. The van der Waals surface area contributed by atoms with E-state index in [1.807, 2.05) is 23.1 Å². The SMILES string of the molecule is Cc1cc(NC2CCC(OCC(=O)N3CCN(c4ccccc4)CC3)CC2)cc(C(F)(F)F)c1[N+](=O)[O-]. The largest absolute Gasteiger partial charge is 0.423 e. The number of rotatable bonds is 7. The Bertz CT molecular complexity index is 1100. The summed E-state index contributed by atoms with van der Waals surface area (Å²) in [5.41, 5.74) is -0.844. The van der Waals surface area contributed by atoms with Crippen LogP contribution in [0.2, 0.25) is 0 Å². The van der Waals surface area contributed by atoms with E-state index in [1.54, 1.807) is 0 Å². The molecule has 0 aromatic heterocycles. The molecule has 4 rings (SSSR count). The van der Waals surface area contributed by atoms with Crippen LogP contribution in [0.3, 0.4) is 0 Å². The molecule has 1 aliphatic carbocycles. The zero-order valence-corrected chi connectivity index (χ0v) is 20.7. The first-order valence-electron chi connectivity index (χ1n) is 12.4. The summed E-state index contributed by atoms with van der Waals surface area (Å²) in [7, 11) is 0. The maximum atomic E-state index is 13.4. The lowest BCUT2D eigenvalue weighted by Gasteiger charge is -2.36. The summed E-state index contributed by atoms with van der Waals surface area (Å²) >= 11 is 0. The van der Waals surface area contributed by atoms with Crippen molar-refractivity contribution in [2.24, 2.45) is 0 Å². The number of halogens is 3. The lowest BCUT2D eigenvalue weighted by molar-refractivity contribution is -0.388. The Morgan fingerprint density at radius 2 is 1.73 bits per heavy atom. The van der Waals surface area contributed by atoms with Gasteiger partial charge in [-0.2, -0.15) is 13.2 Å². The summed E-state index contributed by atoms with van der Waals surface area (Å²) in [5, 5.41) is 14.2. The Labute approximate surface area is 213 Å². The Balaban J connectivity index is 1.23. The molecule has 1 heterocycles. The van der Waals surface area contributed by atoms with Gasteiger partial charge in [0.1, 0.15) is 12.2 Å². The number of nitro groups is 1. The van der Waals surface area contributed by atoms with Gasteiger partial charge in [0.2, 0.25) is 5.91 Å². The van der Waals surface area contributed by atoms with Crippen LogP contribution in [-0.4, -0.2) is 60.7 Å². The highest BCUT2D eigenvalue weighted by Crippen LogP contribution is 2.40. The summed E-state index contributed by atoms with van der Waals surface area (Å²) in [6, 6.07) is 12.2. The maximum absolute atomic E-state index is 13.4. The Kier molecular flexibility index (Phi) is 8.21. The fourth-order valence-corrected chi connectivity index (χ4v) is 5.06. The van der Waals surface area contributed by atoms with E-state index in [0.29, 0.717) is 38.8 Å². The van der Waals surface area contributed by atoms with Gasteiger partial charge in [0.15, 0.2) is 0 Å². The molecule has 11 heteroatoms. The summed E-state index contributed by atoms with van der Waals surface area (Å²) < 4.78 is 46.1. The van der Waals surface area contributed by atoms with Crippen LogP contribution in [-0.2, 0) is 15.7 Å². The second-order valence-corrected chi connectivity index (χ2v) is 9.58. The molecule has 200 valence electrons. The monoisotopic (exact) mass is 520 g/mol. The van der Waals surface area contributed by atoms with Gasteiger partial charge >= 0.3 is 6.18 Å². The van der Waals surface area contributed by atoms with Crippen LogP contribution in [0.15, 0.2) is 42.5 Å². The third kappa shape index (κ3) is 6.71. The third-order valence-corrected chi connectivity index (χ3v) is 7.03. The first kappa shape index (κ1) is 26.7. The minimum Gasteiger partial charge on any atom is -0.382 e. The Hall–Kier alpha value is -3.34. The van der Waals surface area contributed by atoms with Gasteiger partial charge in [-0.25, -0.2) is 0 Å². The van der Waals surface area contributed by atoms with Gasteiger partial charge < -0.3 is 19.9 Å². The van der Waals surface area contributed by atoms with Gasteiger partial charge in [-0.05, 0) is 56.9 Å². The topological polar surface area (TPSA) is 88.0 Å². The second kappa shape index (κ2) is 11.4. The molecule has 37 heavy (non-hydrogen) atoms. The Morgan fingerprint density at radius 3 is 2.32 bits per heavy atom. The number of carbonyl (C=O) groups excluding carboxylic acids is 1. The molecular formula is C26H31F3N4O4. The number of carbonyl (C=O) groups is 1. The number of benzene rings is 2. The molecule has 8 nitrogen and oxygen atoms in total. The van der Waals surface area contributed by atoms with E-state index >= 15 is 0 Å². The van der Waals surface area contributed by atoms with E-state index in [1.165, 1.54) is 13.0 Å². The number of nitrogens with zero attached hydrogens (tertiary/aromatic N) is 3. The normalized spacial score (nSPS) is 20.5. The molecule has 2 aliphatic rings. The number of hydrogen-bond donors (Lipinski definition) is 1. The molecule has 0 unspecified atom stereocenters. The number of amides is 1. The van der Waals surface area contributed by atoms with Gasteiger partial charge in [-0.3, -0.25) is 14.9 Å². The first-order chi connectivity index (χ1) is 17.6. The van der Waals surface area contributed by atoms with Crippen molar-refractivity contribution in [1.82, 2.24) is 4.90 Å². The van der Waals surface area contributed by atoms with Crippen LogP contribution in [0.25, 0.3) is 0 Å². The van der Waals surface area contributed by atoms with Crippen molar-refractivity contribution in [2.45, 2.75) is 50.9 Å². The number of aryl methyl sites for hydroxylation is 1. The van der Waals surface area contributed by atoms with E-state index < -0.39 is 22.4 Å². The number of ether oxygens (including phenoxy) is 1. The fraction of sp³-hybridized carbons (Fsp3) is 0.500. The van der Waals surface area contributed by atoms with Crippen LogP contribution in [0, 0.1) is 17.0 Å². The molecule has 0 atom stereocenters. The quantitative estimate of drug-likeness (QED) is 0.408. The van der Waals surface area contributed by atoms with Crippen LogP contribution in [0.4, 0.5) is 30.2 Å². The third-order valence-electron chi connectivity index (χ3n) is 7.03. The average Bonchev–Trinajstić information content (AvgIpc) is 2.87. The number of nitro benzene ring substituents is 1. The van der Waals surface area contributed by atoms with Crippen molar-refractivity contribution in [3.8, 4) is 0 Å². The van der Waals surface area contributed by atoms with E-state index in [-0.39, 0.29) is 35.9 Å². The van der Waals surface area contributed by atoms with E-state index in [0.717, 1.165) is 24.8 Å². The standard InChI is InChI=1S/C26H31F3N4O4/c1-18-15-20(16-23(26(27,28)29)25(18)33(35)36)30-19-7-9-22(10-8-19)37-17-24(34)32-13-11-31(12-14-32)21-5-3-2-4-6-21/h2-6,15-16,19,22,30H,7-14,17H2,1H3. The minimum absolute atomic E-state index is 0.0184. The molecule has 1 aliphatic heterocycles. The van der Waals surface area contributed by atoms with Crippen LogP contribution in [0.5, 0.6) is 0 Å². The number of hydrogen-bond acceptors (Lipinski definition) is 6.